The number of hydrogen-bond donors (Lipinski definition) is 1. The molecule has 0 radical (unpaired) electrons. The Morgan fingerprint density at radius 1 is 1.12 bits per heavy atom. The number of rotatable bonds is 11. The molecule has 1 aromatic carbocycles. The van der Waals surface area contributed by atoms with Crippen LogP contribution in [0.25, 0.3) is 0 Å². The van der Waals surface area contributed by atoms with E-state index in [0.29, 0.717) is 6.54 Å². The smallest absolute Gasteiger partial charge is 0.194 e. The number of methoxy groups -OCH3 is 3. The van der Waals surface area contributed by atoms with Gasteiger partial charge in [-0.1, -0.05) is 0 Å². The van der Waals surface area contributed by atoms with E-state index >= 15 is 0 Å². The fraction of sp³-hybridized carbons (Fsp3) is 0.632. The molecule has 0 heterocycles. The zero-order chi connectivity index (χ0) is 19.4. The van der Waals surface area contributed by atoms with Crippen molar-refractivity contribution in [1.29, 1.82) is 0 Å². The number of aliphatic imine (C=N–C) groups is 1. The first-order chi connectivity index (χ1) is 12.5. The van der Waals surface area contributed by atoms with Crippen LogP contribution < -0.4 is 14.8 Å². The third kappa shape index (κ3) is 7.49. The Bertz CT molecular complexity index is 552. The quantitative estimate of drug-likeness (QED) is 0.475. The van der Waals surface area contributed by atoms with E-state index in [9.17, 15) is 0 Å². The Kier molecular flexibility index (Phi) is 10.5. The van der Waals surface area contributed by atoms with Crippen LogP contribution in [-0.2, 0) is 11.3 Å². The molecule has 0 saturated heterocycles. The Hall–Kier alpha value is -1.99. The minimum atomic E-state index is 0.693. The van der Waals surface area contributed by atoms with Crippen molar-refractivity contribution in [2.75, 3.05) is 68.2 Å². The van der Waals surface area contributed by atoms with Gasteiger partial charge in [0.15, 0.2) is 5.96 Å². The Morgan fingerprint density at radius 3 is 2.50 bits per heavy atom. The van der Waals surface area contributed by atoms with Gasteiger partial charge in [-0.2, -0.15) is 0 Å². The average Bonchev–Trinajstić information content (AvgIpc) is 2.65. The van der Waals surface area contributed by atoms with Crippen molar-refractivity contribution >= 4 is 5.96 Å². The van der Waals surface area contributed by atoms with E-state index in [4.69, 9.17) is 19.2 Å². The molecule has 148 valence electrons. The summed E-state index contributed by atoms with van der Waals surface area (Å²) in [7, 11) is 9.15. The third-order valence-electron chi connectivity index (χ3n) is 4.02. The summed E-state index contributed by atoms with van der Waals surface area (Å²) in [6.07, 6.45) is 0. The molecule has 0 aliphatic rings. The van der Waals surface area contributed by atoms with Crippen LogP contribution in [-0.4, -0.2) is 84.0 Å². The van der Waals surface area contributed by atoms with Crippen molar-refractivity contribution in [3.05, 3.63) is 23.8 Å². The number of guanidine groups is 1. The van der Waals surface area contributed by atoms with E-state index in [1.54, 1.807) is 21.3 Å². The van der Waals surface area contributed by atoms with Crippen molar-refractivity contribution in [3.63, 3.8) is 0 Å². The maximum absolute atomic E-state index is 5.49. The topological polar surface area (TPSA) is 58.6 Å². The molecule has 0 saturated carbocycles. The second-order valence-corrected chi connectivity index (χ2v) is 6.07. The highest BCUT2D eigenvalue weighted by atomic mass is 16.5. The van der Waals surface area contributed by atoms with Crippen LogP contribution in [0.15, 0.2) is 23.2 Å². The van der Waals surface area contributed by atoms with Gasteiger partial charge in [0, 0.05) is 52.0 Å². The number of hydrogen-bond acceptors (Lipinski definition) is 5. The van der Waals surface area contributed by atoms with Gasteiger partial charge in [-0.15, -0.1) is 0 Å². The van der Waals surface area contributed by atoms with Gasteiger partial charge in [0.2, 0.25) is 0 Å². The highest BCUT2D eigenvalue weighted by Crippen LogP contribution is 2.25. The molecule has 0 aromatic heterocycles. The van der Waals surface area contributed by atoms with Crippen molar-refractivity contribution in [3.8, 4) is 11.5 Å². The predicted molar refractivity (Wildman–Crippen MR) is 106 cm³/mol. The maximum atomic E-state index is 5.49. The number of benzene rings is 1. The zero-order valence-corrected chi connectivity index (χ0v) is 17.0. The molecule has 1 N–H and O–H groups in total. The normalized spacial score (nSPS) is 11.6. The number of ether oxygens (including phenoxy) is 3. The highest BCUT2D eigenvalue weighted by molar-refractivity contribution is 5.79. The summed E-state index contributed by atoms with van der Waals surface area (Å²) in [4.78, 5) is 9.04. The van der Waals surface area contributed by atoms with Crippen LogP contribution in [0.4, 0.5) is 0 Å². The SMILES string of the molecule is CCNC(=NCCN(C)CCOC)N(C)Cc1ccc(OC)cc1OC. The van der Waals surface area contributed by atoms with Gasteiger partial charge in [-0.3, -0.25) is 4.99 Å². The summed E-state index contributed by atoms with van der Waals surface area (Å²) in [5.41, 5.74) is 1.08. The summed E-state index contributed by atoms with van der Waals surface area (Å²) in [6.45, 7) is 6.84. The van der Waals surface area contributed by atoms with E-state index in [-0.39, 0.29) is 0 Å². The molecule has 26 heavy (non-hydrogen) atoms. The van der Waals surface area contributed by atoms with Crippen LogP contribution in [0.5, 0.6) is 11.5 Å². The van der Waals surface area contributed by atoms with Crippen molar-refractivity contribution in [1.82, 2.24) is 15.1 Å². The average molecular weight is 367 g/mol. The first-order valence-electron chi connectivity index (χ1n) is 8.93. The van der Waals surface area contributed by atoms with Crippen molar-refractivity contribution in [2.24, 2.45) is 4.99 Å². The second-order valence-electron chi connectivity index (χ2n) is 6.07. The highest BCUT2D eigenvalue weighted by Gasteiger charge is 2.11. The fourth-order valence-electron chi connectivity index (χ4n) is 2.47. The number of nitrogens with one attached hydrogen (secondary N) is 1. The van der Waals surface area contributed by atoms with Crippen molar-refractivity contribution in [2.45, 2.75) is 13.5 Å². The summed E-state index contributed by atoms with van der Waals surface area (Å²) in [5.74, 6) is 2.48. The lowest BCUT2D eigenvalue weighted by Crippen LogP contribution is -2.39. The summed E-state index contributed by atoms with van der Waals surface area (Å²) < 4.78 is 15.9. The maximum Gasteiger partial charge on any atom is 0.194 e. The lowest BCUT2D eigenvalue weighted by atomic mass is 10.2. The fourth-order valence-corrected chi connectivity index (χ4v) is 2.47. The van der Waals surface area contributed by atoms with Gasteiger partial charge in [0.05, 0.1) is 27.4 Å². The molecule has 0 fully saturated rings. The van der Waals surface area contributed by atoms with Crippen LogP contribution >= 0.6 is 0 Å². The molecule has 0 aliphatic carbocycles. The van der Waals surface area contributed by atoms with E-state index < -0.39 is 0 Å². The lowest BCUT2D eigenvalue weighted by Gasteiger charge is -2.24. The van der Waals surface area contributed by atoms with Crippen LogP contribution in [0, 0.1) is 0 Å². The van der Waals surface area contributed by atoms with E-state index in [0.717, 1.165) is 55.8 Å². The van der Waals surface area contributed by atoms with Gasteiger partial charge >= 0.3 is 0 Å². The Balaban J connectivity index is 2.72. The minimum Gasteiger partial charge on any atom is -0.497 e. The van der Waals surface area contributed by atoms with E-state index in [1.165, 1.54) is 0 Å². The van der Waals surface area contributed by atoms with Crippen LogP contribution in [0.3, 0.4) is 0 Å². The molecule has 0 unspecified atom stereocenters. The first kappa shape index (κ1) is 22.1. The first-order valence-corrected chi connectivity index (χ1v) is 8.93. The molecule has 0 bridgehead atoms. The van der Waals surface area contributed by atoms with Gasteiger partial charge in [-0.25, -0.2) is 0 Å². The van der Waals surface area contributed by atoms with Gasteiger partial charge < -0.3 is 29.3 Å². The van der Waals surface area contributed by atoms with Crippen molar-refractivity contribution < 1.29 is 14.2 Å². The second kappa shape index (κ2) is 12.4. The molecule has 1 rings (SSSR count). The molecule has 7 heteroatoms. The molecule has 1 aromatic rings. The predicted octanol–water partition coefficient (Wildman–Crippen LogP) is 1.68. The Morgan fingerprint density at radius 2 is 1.88 bits per heavy atom. The molecule has 0 atom stereocenters. The summed E-state index contributed by atoms with van der Waals surface area (Å²) >= 11 is 0. The number of likely N-dealkylation sites (N-methyl/N-ethyl adjacent to an activating group) is 1. The summed E-state index contributed by atoms with van der Waals surface area (Å²) in [6, 6.07) is 5.87. The molecular weight excluding hydrogens is 332 g/mol. The monoisotopic (exact) mass is 366 g/mol. The lowest BCUT2D eigenvalue weighted by molar-refractivity contribution is 0.163. The number of nitrogens with zero attached hydrogens (tertiary/aromatic N) is 3. The van der Waals surface area contributed by atoms with Crippen LogP contribution in [0.1, 0.15) is 12.5 Å². The molecular formula is C19H34N4O3. The molecule has 0 spiro atoms. The van der Waals surface area contributed by atoms with Crippen LogP contribution in [0.2, 0.25) is 0 Å². The third-order valence-corrected chi connectivity index (χ3v) is 4.02. The Labute approximate surface area is 157 Å². The van der Waals surface area contributed by atoms with E-state index in [1.807, 2.05) is 25.2 Å². The van der Waals surface area contributed by atoms with Gasteiger partial charge in [0.25, 0.3) is 0 Å². The summed E-state index contributed by atoms with van der Waals surface area (Å²) in [5, 5.41) is 3.35. The standard InChI is InChI=1S/C19H34N4O3/c1-7-20-19(21-10-11-22(2)12-13-24-4)23(3)15-16-8-9-17(25-5)14-18(16)26-6/h8-9,14H,7,10-13,15H2,1-6H3,(H,20,21). The molecule has 7 nitrogen and oxygen atoms in total. The van der Waals surface area contributed by atoms with E-state index in [2.05, 4.69) is 29.1 Å². The largest absolute Gasteiger partial charge is 0.497 e. The molecule has 0 aliphatic heterocycles. The van der Waals surface area contributed by atoms with Gasteiger partial charge in [0.1, 0.15) is 11.5 Å². The minimum absolute atomic E-state index is 0.693. The zero-order valence-electron chi connectivity index (χ0n) is 17.0. The van der Waals surface area contributed by atoms with Gasteiger partial charge in [-0.05, 0) is 26.1 Å². The molecule has 0 amide bonds.